The van der Waals surface area contributed by atoms with Gasteiger partial charge in [0.05, 0.1) is 7.11 Å². The molecule has 11 heavy (non-hydrogen) atoms. The molecule has 0 amide bonds. The molecular weight excluding hydrogens is 146 g/mol. The number of hydrogen-bond donors (Lipinski definition) is 2. The number of aliphatic hydroxyl groups excluding tert-OH is 1. The maximum absolute atomic E-state index is 10.7. The fraction of sp³-hybridized carbons (Fsp3) is 0.857. The van der Waals surface area contributed by atoms with E-state index in [9.17, 15) is 9.90 Å². The second-order valence-corrected chi connectivity index (χ2v) is 2.37. The third-order valence-electron chi connectivity index (χ3n) is 1.72. The van der Waals surface area contributed by atoms with E-state index >= 15 is 0 Å². The van der Waals surface area contributed by atoms with Crippen molar-refractivity contribution < 1.29 is 14.6 Å². The lowest BCUT2D eigenvalue weighted by molar-refractivity contribution is -0.153. The van der Waals surface area contributed by atoms with Crippen LogP contribution in [0.3, 0.4) is 0 Å². The predicted octanol–water partition coefficient (Wildman–Crippen LogP) is -0.495. The first-order valence-electron chi connectivity index (χ1n) is 3.63. The molecule has 2 unspecified atom stereocenters. The van der Waals surface area contributed by atoms with Crippen molar-refractivity contribution in [3.05, 3.63) is 0 Å². The number of nitrogens with two attached hydrogens (primary N) is 1. The quantitative estimate of drug-likeness (QED) is 0.545. The summed E-state index contributed by atoms with van der Waals surface area (Å²) in [5, 5.41) is 9.22. The van der Waals surface area contributed by atoms with Crippen LogP contribution in [0.25, 0.3) is 0 Å². The molecule has 4 heteroatoms. The molecule has 0 aromatic heterocycles. The lowest BCUT2D eigenvalue weighted by atomic mass is 10.00. The number of methoxy groups -OCH3 is 1. The van der Waals surface area contributed by atoms with E-state index in [0.717, 1.165) is 0 Å². The van der Waals surface area contributed by atoms with Crippen molar-refractivity contribution in [2.75, 3.05) is 13.7 Å². The summed E-state index contributed by atoms with van der Waals surface area (Å²) in [6.45, 7) is 2.16. The van der Waals surface area contributed by atoms with Crippen LogP contribution in [-0.2, 0) is 9.53 Å². The van der Waals surface area contributed by atoms with Crippen LogP contribution in [0.4, 0.5) is 0 Å². The van der Waals surface area contributed by atoms with Crippen LogP contribution >= 0.6 is 0 Å². The van der Waals surface area contributed by atoms with Crippen molar-refractivity contribution in [3.8, 4) is 0 Å². The Labute approximate surface area is 66.3 Å². The van der Waals surface area contributed by atoms with E-state index in [1.807, 2.05) is 6.92 Å². The molecule has 0 saturated heterocycles. The van der Waals surface area contributed by atoms with Crippen molar-refractivity contribution in [1.29, 1.82) is 0 Å². The summed E-state index contributed by atoms with van der Waals surface area (Å²) in [5.74, 6) is -0.801. The molecule has 0 aromatic rings. The van der Waals surface area contributed by atoms with Crippen LogP contribution in [0.2, 0.25) is 0 Å². The minimum absolute atomic E-state index is 0.192. The average Bonchev–Trinajstić information content (AvgIpc) is 2.05. The fourth-order valence-corrected chi connectivity index (χ4v) is 0.832. The van der Waals surface area contributed by atoms with E-state index in [1.54, 1.807) is 0 Å². The van der Waals surface area contributed by atoms with Gasteiger partial charge in [-0.25, -0.2) is 4.79 Å². The number of carbonyl (C=O) groups excluding carboxylic acids is 1. The predicted molar refractivity (Wildman–Crippen MR) is 40.9 cm³/mol. The molecule has 0 aliphatic heterocycles. The Kier molecular flexibility index (Phi) is 4.81. The van der Waals surface area contributed by atoms with Gasteiger partial charge in [0.15, 0.2) is 6.10 Å². The van der Waals surface area contributed by atoms with Crippen LogP contribution in [0.1, 0.15) is 13.3 Å². The molecule has 0 spiro atoms. The molecule has 0 saturated carbocycles. The maximum atomic E-state index is 10.7. The van der Waals surface area contributed by atoms with Gasteiger partial charge >= 0.3 is 5.97 Å². The first kappa shape index (κ1) is 10.4. The highest BCUT2D eigenvalue weighted by Crippen LogP contribution is 2.07. The minimum atomic E-state index is -1.07. The van der Waals surface area contributed by atoms with Gasteiger partial charge in [0.2, 0.25) is 0 Å². The number of ether oxygens (including phenoxy) is 1. The van der Waals surface area contributed by atoms with Crippen LogP contribution in [0, 0.1) is 5.92 Å². The lowest BCUT2D eigenvalue weighted by Crippen LogP contribution is -2.34. The summed E-state index contributed by atoms with van der Waals surface area (Å²) < 4.78 is 4.35. The molecular formula is C7H15NO3. The van der Waals surface area contributed by atoms with Crippen molar-refractivity contribution in [1.82, 2.24) is 0 Å². The number of hydrogen-bond acceptors (Lipinski definition) is 4. The highest BCUT2D eigenvalue weighted by molar-refractivity contribution is 5.74. The standard InChI is InChI=1S/C7H15NO3/c1-3-5(4-8)6(9)7(10)11-2/h5-6,9H,3-4,8H2,1-2H3. The summed E-state index contributed by atoms with van der Waals surface area (Å²) in [5.41, 5.74) is 5.31. The van der Waals surface area contributed by atoms with Crippen molar-refractivity contribution >= 4 is 5.97 Å². The molecule has 0 aliphatic rings. The van der Waals surface area contributed by atoms with Crippen molar-refractivity contribution in [3.63, 3.8) is 0 Å². The molecule has 3 N–H and O–H groups in total. The zero-order valence-corrected chi connectivity index (χ0v) is 6.91. The molecule has 66 valence electrons. The molecule has 0 aliphatic carbocycles. The molecule has 4 nitrogen and oxygen atoms in total. The third kappa shape index (κ3) is 2.86. The van der Waals surface area contributed by atoms with Crippen LogP contribution < -0.4 is 5.73 Å². The topological polar surface area (TPSA) is 72.5 Å². The second-order valence-electron chi connectivity index (χ2n) is 2.37. The van der Waals surface area contributed by atoms with Gasteiger partial charge in [-0.05, 0) is 13.0 Å². The molecule has 0 bridgehead atoms. The first-order valence-corrected chi connectivity index (χ1v) is 3.63. The molecule has 0 heterocycles. The summed E-state index contributed by atoms with van der Waals surface area (Å²) in [4.78, 5) is 10.7. The Balaban J connectivity index is 3.97. The fourth-order valence-electron chi connectivity index (χ4n) is 0.832. The molecule has 0 fully saturated rings. The normalized spacial score (nSPS) is 15.6. The van der Waals surface area contributed by atoms with Gasteiger partial charge in [-0.3, -0.25) is 0 Å². The van der Waals surface area contributed by atoms with Crippen molar-refractivity contribution in [2.45, 2.75) is 19.4 Å². The van der Waals surface area contributed by atoms with E-state index in [2.05, 4.69) is 4.74 Å². The monoisotopic (exact) mass is 161 g/mol. The Hall–Kier alpha value is -0.610. The van der Waals surface area contributed by atoms with Gasteiger partial charge in [-0.1, -0.05) is 6.92 Å². The second kappa shape index (κ2) is 5.09. The third-order valence-corrected chi connectivity index (χ3v) is 1.72. The highest BCUT2D eigenvalue weighted by atomic mass is 16.5. The maximum Gasteiger partial charge on any atom is 0.335 e. The Morgan fingerprint density at radius 2 is 2.27 bits per heavy atom. The van der Waals surface area contributed by atoms with Gasteiger partial charge in [0, 0.05) is 5.92 Å². The van der Waals surface area contributed by atoms with Gasteiger partial charge in [-0.2, -0.15) is 0 Å². The molecule has 2 atom stereocenters. The summed E-state index contributed by atoms with van der Waals surface area (Å²) in [6.07, 6.45) is -0.401. The smallest absolute Gasteiger partial charge is 0.335 e. The van der Waals surface area contributed by atoms with Crippen LogP contribution in [0.5, 0.6) is 0 Å². The number of rotatable bonds is 4. The zero-order chi connectivity index (χ0) is 8.85. The molecule has 0 radical (unpaired) electrons. The van der Waals surface area contributed by atoms with Gasteiger partial charge < -0.3 is 15.6 Å². The van der Waals surface area contributed by atoms with E-state index in [-0.39, 0.29) is 5.92 Å². The van der Waals surface area contributed by atoms with Crippen LogP contribution in [0.15, 0.2) is 0 Å². The van der Waals surface area contributed by atoms with E-state index in [0.29, 0.717) is 13.0 Å². The summed E-state index contributed by atoms with van der Waals surface area (Å²) >= 11 is 0. The number of aliphatic hydroxyl groups is 1. The highest BCUT2D eigenvalue weighted by Gasteiger charge is 2.23. The van der Waals surface area contributed by atoms with Gasteiger partial charge in [-0.15, -0.1) is 0 Å². The van der Waals surface area contributed by atoms with Crippen molar-refractivity contribution in [2.24, 2.45) is 11.7 Å². The first-order chi connectivity index (χ1) is 5.17. The SMILES string of the molecule is CCC(CN)C(O)C(=O)OC. The van der Waals surface area contributed by atoms with E-state index in [4.69, 9.17) is 5.73 Å². The summed E-state index contributed by atoms with van der Waals surface area (Å²) in [6, 6.07) is 0. The van der Waals surface area contributed by atoms with Gasteiger partial charge in [0.25, 0.3) is 0 Å². The zero-order valence-electron chi connectivity index (χ0n) is 6.91. The van der Waals surface area contributed by atoms with E-state index in [1.165, 1.54) is 7.11 Å². The molecule has 0 rings (SSSR count). The molecule has 0 aromatic carbocycles. The number of esters is 1. The van der Waals surface area contributed by atoms with Gasteiger partial charge in [0.1, 0.15) is 0 Å². The number of carbonyl (C=O) groups is 1. The summed E-state index contributed by atoms with van der Waals surface area (Å²) in [7, 11) is 1.24. The lowest BCUT2D eigenvalue weighted by Gasteiger charge is -2.16. The Morgan fingerprint density at radius 1 is 1.73 bits per heavy atom. The Bertz CT molecular complexity index is 123. The minimum Gasteiger partial charge on any atom is -0.467 e. The largest absolute Gasteiger partial charge is 0.467 e. The Morgan fingerprint density at radius 3 is 2.55 bits per heavy atom. The van der Waals surface area contributed by atoms with E-state index < -0.39 is 12.1 Å². The average molecular weight is 161 g/mol. The van der Waals surface area contributed by atoms with Crippen LogP contribution in [-0.4, -0.2) is 30.8 Å².